The summed E-state index contributed by atoms with van der Waals surface area (Å²) in [5.41, 5.74) is -2.94. The maximum absolute atomic E-state index is 15.2. The van der Waals surface area contributed by atoms with E-state index in [2.05, 4.69) is 11.6 Å². The molecule has 0 radical (unpaired) electrons. The summed E-state index contributed by atoms with van der Waals surface area (Å²) in [6, 6.07) is 1.02. The van der Waals surface area contributed by atoms with Crippen molar-refractivity contribution in [3.63, 3.8) is 0 Å². The van der Waals surface area contributed by atoms with E-state index in [1.165, 1.54) is 17.8 Å². The summed E-state index contributed by atoms with van der Waals surface area (Å²) in [5, 5.41) is -0.546. The molecule has 2 aliphatic rings. The van der Waals surface area contributed by atoms with Gasteiger partial charge in [-0.2, -0.15) is 18.2 Å². The lowest BCUT2D eigenvalue weighted by atomic mass is 9.95. The topological polar surface area (TPSA) is 76.9 Å². The van der Waals surface area contributed by atoms with Crippen LogP contribution in [0.4, 0.5) is 27.8 Å². The van der Waals surface area contributed by atoms with E-state index in [1.807, 2.05) is 0 Å². The molecule has 0 spiro atoms. The zero-order valence-electron chi connectivity index (χ0n) is 23.0. The Morgan fingerprint density at radius 1 is 1.23 bits per heavy atom. The number of alkyl halides is 3. The van der Waals surface area contributed by atoms with Gasteiger partial charge in [-0.15, -0.1) is 11.8 Å². The first-order valence-electron chi connectivity index (χ1n) is 13.1. The molecular formula is C28H26ClF5N4O4S. The summed E-state index contributed by atoms with van der Waals surface area (Å²) < 4.78 is 85.2. The van der Waals surface area contributed by atoms with Crippen LogP contribution < -0.4 is 10.6 Å². The largest absolute Gasteiger partial charge is 0.417 e. The van der Waals surface area contributed by atoms with Crippen molar-refractivity contribution in [3.8, 4) is 11.1 Å². The molecular weight excluding hydrogens is 619 g/mol. The maximum Gasteiger partial charge on any atom is 0.417 e. The third kappa shape index (κ3) is 5.73. The van der Waals surface area contributed by atoms with Crippen LogP contribution in [0.15, 0.2) is 40.5 Å². The number of carbonyl (C=O) groups excluding carboxylic acids is 1. The van der Waals surface area contributed by atoms with Gasteiger partial charge in [-0.1, -0.05) is 18.2 Å². The summed E-state index contributed by atoms with van der Waals surface area (Å²) in [4.78, 5) is 33.3. The number of carbonyl (C=O) groups is 1. The molecule has 1 aromatic heterocycles. The number of piperazine rings is 1. The number of halogens is 6. The summed E-state index contributed by atoms with van der Waals surface area (Å²) >= 11 is 6.90. The van der Waals surface area contributed by atoms with E-state index in [0.29, 0.717) is 6.07 Å². The number of amides is 1. The lowest BCUT2D eigenvalue weighted by Crippen LogP contribution is -2.54. The van der Waals surface area contributed by atoms with Crippen LogP contribution in [0.25, 0.3) is 22.0 Å². The fraction of sp³-hybridized carbons (Fsp3) is 0.393. The minimum atomic E-state index is -4.98. The molecule has 43 heavy (non-hydrogen) atoms. The molecule has 1 amide bonds. The van der Waals surface area contributed by atoms with Crippen LogP contribution in [0.1, 0.15) is 18.5 Å². The fourth-order valence-electron chi connectivity index (χ4n) is 5.51. The molecule has 5 rings (SSSR count). The van der Waals surface area contributed by atoms with Crippen LogP contribution in [0.2, 0.25) is 5.02 Å². The molecule has 8 nitrogen and oxygen atoms in total. The summed E-state index contributed by atoms with van der Waals surface area (Å²) in [7, 11) is 1.42. The van der Waals surface area contributed by atoms with Crippen molar-refractivity contribution in [2.75, 3.05) is 50.8 Å². The van der Waals surface area contributed by atoms with E-state index >= 15 is 4.39 Å². The van der Waals surface area contributed by atoms with Crippen LogP contribution in [0.5, 0.6) is 0 Å². The van der Waals surface area contributed by atoms with Crippen molar-refractivity contribution >= 4 is 46.0 Å². The molecule has 2 aromatic carbocycles. The fourth-order valence-corrected chi connectivity index (χ4v) is 6.98. The van der Waals surface area contributed by atoms with E-state index in [4.69, 9.17) is 21.1 Å². The third-order valence-electron chi connectivity index (χ3n) is 7.41. The quantitative estimate of drug-likeness (QED) is 0.111. The summed E-state index contributed by atoms with van der Waals surface area (Å²) in [6.07, 6.45) is -3.80. The SMILES string of the molecule is C=CC(=O)N1CCN(c2nc(=O)n3c4c(c(-c5cc(Cl)c(F)cc5F)c(C(F)(F)F)cc24)SC[C@H]3COCOC)[C@@H](C)C1. The first-order chi connectivity index (χ1) is 20.4. The number of hydrogen-bond acceptors (Lipinski definition) is 7. The van der Waals surface area contributed by atoms with Crippen molar-refractivity contribution in [2.24, 2.45) is 0 Å². The smallest absolute Gasteiger partial charge is 0.359 e. The molecule has 0 N–H and O–H groups in total. The van der Waals surface area contributed by atoms with Crippen LogP contribution in [0.3, 0.4) is 0 Å². The van der Waals surface area contributed by atoms with Crippen molar-refractivity contribution in [3.05, 3.63) is 63.6 Å². The summed E-state index contributed by atoms with van der Waals surface area (Å²) in [6.45, 7) is 5.79. The lowest BCUT2D eigenvalue weighted by molar-refractivity contribution is -0.137. The van der Waals surface area contributed by atoms with Gasteiger partial charge in [0, 0.05) is 66.0 Å². The third-order valence-corrected chi connectivity index (χ3v) is 8.94. The first kappa shape index (κ1) is 31.2. The van der Waals surface area contributed by atoms with Gasteiger partial charge >= 0.3 is 11.9 Å². The van der Waals surface area contributed by atoms with Gasteiger partial charge < -0.3 is 19.3 Å². The Bertz CT molecular complexity index is 1670. The second-order valence-corrected chi connectivity index (χ2v) is 11.6. The van der Waals surface area contributed by atoms with Crippen LogP contribution in [-0.2, 0) is 20.4 Å². The van der Waals surface area contributed by atoms with Gasteiger partial charge in [0.15, 0.2) is 0 Å². The number of aromatic nitrogens is 2. The molecule has 1 fully saturated rings. The standard InChI is InChI=1S/C28H26ClF5N4O4S/c1-4-22(39)36-5-6-37(14(2)10-36)26-17-7-18(28(32,33)34)23(16-8-19(29)21(31)9-20(16)30)25-24(17)38(27(40)35-26)15(12-43-25)11-42-13-41-3/h4,7-9,14-15H,1,5-6,10-13H2,2-3H3/t14-,15+/m0/s1. The van der Waals surface area contributed by atoms with Gasteiger partial charge in [-0.3, -0.25) is 9.36 Å². The molecule has 15 heteroatoms. The number of thioether (sulfide) groups is 1. The lowest BCUT2D eigenvalue weighted by Gasteiger charge is -2.41. The average Bonchev–Trinajstić information content (AvgIpc) is 2.96. The van der Waals surface area contributed by atoms with Crippen LogP contribution in [0, 0.1) is 11.6 Å². The Morgan fingerprint density at radius 3 is 2.63 bits per heavy atom. The van der Waals surface area contributed by atoms with Gasteiger partial charge in [0.25, 0.3) is 0 Å². The Hall–Kier alpha value is -3.20. The highest BCUT2D eigenvalue weighted by molar-refractivity contribution is 7.99. The van der Waals surface area contributed by atoms with Gasteiger partial charge in [-0.05, 0) is 25.1 Å². The molecule has 0 saturated carbocycles. The summed E-state index contributed by atoms with van der Waals surface area (Å²) in [5.74, 6) is -2.56. The number of nitrogens with zero attached hydrogens (tertiary/aromatic N) is 4. The number of hydrogen-bond donors (Lipinski definition) is 0. The molecule has 1 saturated heterocycles. The predicted molar refractivity (Wildman–Crippen MR) is 153 cm³/mol. The van der Waals surface area contributed by atoms with Crippen molar-refractivity contribution < 1.29 is 36.2 Å². The van der Waals surface area contributed by atoms with E-state index in [1.54, 1.807) is 16.7 Å². The van der Waals surface area contributed by atoms with Gasteiger partial charge in [0.05, 0.1) is 28.8 Å². The monoisotopic (exact) mass is 644 g/mol. The number of rotatable bonds is 7. The number of benzene rings is 2. The van der Waals surface area contributed by atoms with Crippen molar-refractivity contribution in [1.29, 1.82) is 0 Å². The van der Waals surface area contributed by atoms with E-state index in [9.17, 15) is 27.2 Å². The second kappa shape index (κ2) is 12.1. The van der Waals surface area contributed by atoms with E-state index in [-0.39, 0.29) is 66.3 Å². The molecule has 3 heterocycles. The highest BCUT2D eigenvalue weighted by Crippen LogP contribution is 2.50. The Balaban J connectivity index is 1.82. The number of anilines is 1. The van der Waals surface area contributed by atoms with Gasteiger partial charge in [-0.25, -0.2) is 13.6 Å². The first-order valence-corrected chi connectivity index (χ1v) is 14.5. The highest BCUT2D eigenvalue weighted by Gasteiger charge is 2.40. The van der Waals surface area contributed by atoms with E-state index < -0.39 is 57.3 Å². The normalized spacial score (nSPS) is 18.8. The Kier molecular flexibility index (Phi) is 8.76. The molecule has 3 aromatic rings. The van der Waals surface area contributed by atoms with Gasteiger partial charge in [0.2, 0.25) is 5.91 Å². The molecule has 2 atom stereocenters. The highest BCUT2D eigenvalue weighted by atomic mass is 35.5. The Labute approximate surface area is 252 Å². The van der Waals surface area contributed by atoms with Crippen LogP contribution >= 0.6 is 23.4 Å². The zero-order valence-corrected chi connectivity index (χ0v) is 24.6. The van der Waals surface area contributed by atoms with E-state index in [0.717, 1.165) is 23.9 Å². The number of ether oxygens (including phenoxy) is 2. The molecule has 0 bridgehead atoms. The number of methoxy groups -OCH3 is 1. The maximum atomic E-state index is 15.2. The Morgan fingerprint density at radius 2 is 1.98 bits per heavy atom. The van der Waals surface area contributed by atoms with Crippen molar-refractivity contribution in [1.82, 2.24) is 14.5 Å². The minimum Gasteiger partial charge on any atom is -0.359 e. The van der Waals surface area contributed by atoms with Crippen molar-refractivity contribution in [2.45, 2.75) is 30.1 Å². The zero-order chi connectivity index (χ0) is 31.2. The molecule has 230 valence electrons. The predicted octanol–water partition coefficient (Wildman–Crippen LogP) is 5.50. The molecule has 0 aliphatic carbocycles. The molecule has 2 aliphatic heterocycles. The average molecular weight is 645 g/mol. The second-order valence-electron chi connectivity index (χ2n) is 10.1. The molecule has 0 unspecified atom stereocenters. The van der Waals surface area contributed by atoms with Crippen LogP contribution in [-0.4, -0.2) is 72.3 Å². The van der Waals surface area contributed by atoms with Gasteiger partial charge in [0.1, 0.15) is 24.2 Å². The minimum absolute atomic E-state index is 0.00409.